The Bertz CT molecular complexity index is 3820. The first kappa shape index (κ1) is 61.4. The third kappa shape index (κ3) is 12.9. The second-order valence-corrected chi connectivity index (χ2v) is 24.5. The lowest BCUT2D eigenvalue weighted by atomic mass is 9.82. The Morgan fingerprint density at radius 3 is 1.56 bits per heavy atom. The van der Waals surface area contributed by atoms with Crippen molar-refractivity contribution in [3.8, 4) is 22.3 Å². The number of pyridine rings is 2. The third-order valence-electron chi connectivity index (χ3n) is 15.3. The third-order valence-corrected chi connectivity index (χ3v) is 17.3. The van der Waals surface area contributed by atoms with Gasteiger partial charge >= 0.3 is 7.12 Å². The zero-order valence-electron chi connectivity index (χ0n) is 47.1. The number of nitrogens with one attached hydrogen (secondary N) is 3. The van der Waals surface area contributed by atoms with Gasteiger partial charge in [-0.3, -0.25) is 42.4 Å². The summed E-state index contributed by atoms with van der Waals surface area (Å²) in [6.07, 6.45) is 29.2. The number of carbonyl (C=O) groups is 2. The fourth-order valence-electron chi connectivity index (χ4n) is 10.4. The number of anilines is 4. The number of fused-ring (bicyclic) bond motifs is 4. The van der Waals surface area contributed by atoms with Crippen LogP contribution in [0.15, 0.2) is 101 Å². The van der Waals surface area contributed by atoms with Gasteiger partial charge in [0.05, 0.1) is 41.7 Å². The van der Waals surface area contributed by atoms with Crippen LogP contribution in [0.4, 0.5) is 23.1 Å². The van der Waals surface area contributed by atoms with Crippen molar-refractivity contribution < 1.29 is 18.9 Å². The highest BCUT2D eigenvalue weighted by Crippen LogP contribution is 2.41. The fourth-order valence-corrected chi connectivity index (χ4v) is 11.8. The zero-order chi connectivity index (χ0) is 60.3. The van der Waals surface area contributed by atoms with Crippen molar-refractivity contribution in [3.63, 3.8) is 0 Å². The van der Waals surface area contributed by atoms with Gasteiger partial charge in [-0.2, -0.15) is 15.3 Å². The quantitative estimate of drug-likeness (QED) is 0.0836. The number of halogens is 4. The minimum absolute atomic E-state index is 0.186. The van der Waals surface area contributed by atoms with Crippen LogP contribution in [-0.2, 0) is 41.8 Å². The van der Waals surface area contributed by atoms with Crippen molar-refractivity contribution in [2.75, 3.05) is 16.8 Å². The Balaban J connectivity index is 0.000000135. The lowest BCUT2D eigenvalue weighted by Crippen LogP contribution is -2.48. The van der Waals surface area contributed by atoms with Crippen molar-refractivity contribution in [3.05, 3.63) is 137 Å². The first-order valence-electron chi connectivity index (χ1n) is 26.8. The summed E-state index contributed by atoms with van der Waals surface area (Å²) in [6.45, 7) is 8.18. The normalized spacial score (nSPS) is 17.2. The molecule has 2 spiro atoms. The number of carbonyl (C=O) groups excluding carboxylic acids is 2. The monoisotopic (exact) mass is 1360 g/mol. The number of hydrogen-bond acceptors (Lipinski definition) is 18. The van der Waals surface area contributed by atoms with Crippen molar-refractivity contribution in [1.29, 1.82) is 0 Å². The summed E-state index contributed by atoms with van der Waals surface area (Å²) in [5, 5.41) is 22.0. The predicted octanol–water partition coefficient (Wildman–Crippen LogP) is 7.26. The largest absolute Gasteiger partial charge is 0.498 e. The van der Waals surface area contributed by atoms with Gasteiger partial charge in [-0.1, -0.05) is 36.0 Å². The lowest BCUT2D eigenvalue weighted by molar-refractivity contribution is 0.00578. The summed E-state index contributed by atoms with van der Waals surface area (Å²) in [4.78, 5) is 74.1. The number of hydrogen-bond donors (Lipinski definition) is 5. The zero-order valence-corrected chi connectivity index (χ0v) is 52.4. The standard InChI is InChI=1S/C20H20ClN7O2.C12H12BrClN2O2.C10H17BN2O2.C8H9N5.C4H4IN3/c1-27-10-12(8-24-27)13-9-22-11-23-17(13)25-15-7-14(21)16-18(29)26-20(28(16)19(15)30)5-3-2-4-6-20;13-7-6-8(14)9-10(17)15-12(16(9)11(7)18)4-2-1-3-5-12;1-9(2)10(3,4)15-11(14-9)8-6-12-13(5)7-8;1-13-4-6(2-12-13)7-3-10-5-11-8(7)9;5-3-1-7-2-8-4(3)6/h7-11H,2-6H2,1H3,(H,26,29)(H,22,23,25);6H,1-5H2,(H,15,17);6-7H,1-5H3;2-5H,1H3,(H2,9,10,11);1-2H,(H2,6,7,8). The van der Waals surface area contributed by atoms with Crippen LogP contribution < -0.4 is 44.0 Å². The van der Waals surface area contributed by atoms with Gasteiger partial charge in [0, 0.05) is 92.2 Å². The van der Waals surface area contributed by atoms with E-state index in [-0.39, 0.29) is 57.7 Å². The Morgan fingerprint density at radius 2 is 1.08 bits per heavy atom. The molecule has 0 atom stereocenters. The van der Waals surface area contributed by atoms with Crippen molar-refractivity contribution in [1.82, 2.24) is 79.0 Å². The molecule has 2 saturated carbocycles. The van der Waals surface area contributed by atoms with Gasteiger partial charge in [0.25, 0.3) is 22.9 Å². The van der Waals surface area contributed by atoms with Gasteiger partial charge in [-0.05, 0) is 130 Å². The molecule has 8 aromatic rings. The molecule has 2 amide bonds. The van der Waals surface area contributed by atoms with Crippen LogP contribution in [-0.4, -0.2) is 98.5 Å². The van der Waals surface area contributed by atoms with E-state index in [0.29, 0.717) is 51.0 Å². The molecule has 7 N–H and O–H groups in total. The van der Waals surface area contributed by atoms with Crippen LogP contribution in [0.5, 0.6) is 0 Å². The molecule has 30 heteroatoms. The second-order valence-electron chi connectivity index (χ2n) is 21.6. The molecule has 25 nitrogen and oxygen atoms in total. The first-order valence-corrected chi connectivity index (χ1v) is 29.4. The number of nitrogen functional groups attached to an aromatic ring is 2. The summed E-state index contributed by atoms with van der Waals surface area (Å²) in [5.41, 5.74) is 13.7. The molecule has 0 radical (unpaired) electrons. The molecule has 2 aliphatic carbocycles. The Labute approximate surface area is 515 Å². The molecule has 3 fully saturated rings. The highest BCUT2D eigenvalue weighted by molar-refractivity contribution is 14.1. The topological polar surface area (TPSA) is 316 Å². The number of aryl methyl sites for hydroxylation is 3. The number of rotatable bonds is 5. The number of amides is 2. The molecule has 3 aliphatic heterocycles. The van der Waals surface area contributed by atoms with Gasteiger partial charge in [-0.15, -0.1) is 0 Å². The summed E-state index contributed by atoms with van der Waals surface area (Å²) >= 11 is 17.8. The second kappa shape index (κ2) is 25.2. The minimum Gasteiger partial charge on any atom is -0.399 e. The number of nitrogens with two attached hydrogens (primary N) is 2. The molecular formula is C54H62BBrCl2IN19O6. The maximum atomic E-state index is 13.5. The molecule has 13 rings (SSSR count). The van der Waals surface area contributed by atoms with E-state index < -0.39 is 11.3 Å². The molecule has 8 aromatic heterocycles. The van der Waals surface area contributed by atoms with Gasteiger partial charge < -0.3 is 36.7 Å². The summed E-state index contributed by atoms with van der Waals surface area (Å²) < 4.78 is 21.3. The first-order chi connectivity index (χ1) is 39.9. The van der Waals surface area contributed by atoms with E-state index in [2.05, 4.69) is 99.7 Å². The summed E-state index contributed by atoms with van der Waals surface area (Å²) in [6, 6.07) is 2.99. The molecule has 84 heavy (non-hydrogen) atoms. The van der Waals surface area contributed by atoms with Crippen LogP contribution in [0.25, 0.3) is 22.3 Å². The predicted molar refractivity (Wildman–Crippen MR) is 330 cm³/mol. The van der Waals surface area contributed by atoms with E-state index in [4.69, 9.17) is 44.0 Å². The highest BCUT2D eigenvalue weighted by Gasteiger charge is 2.52. The molecule has 440 valence electrons. The smallest absolute Gasteiger partial charge is 0.399 e. The average molecular weight is 1360 g/mol. The van der Waals surface area contributed by atoms with Crippen molar-refractivity contribution in [2.24, 2.45) is 21.1 Å². The van der Waals surface area contributed by atoms with Crippen LogP contribution >= 0.6 is 61.7 Å². The van der Waals surface area contributed by atoms with E-state index in [1.165, 1.54) is 31.1 Å². The van der Waals surface area contributed by atoms with Gasteiger partial charge in [0.15, 0.2) is 0 Å². The van der Waals surface area contributed by atoms with E-state index in [0.717, 1.165) is 77.1 Å². The van der Waals surface area contributed by atoms with Crippen LogP contribution in [0.1, 0.15) is 113 Å². The molecule has 0 bridgehead atoms. The van der Waals surface area contributed by atoms with Crippen LogP contribution in [0.2, 0.25) is 10.0 Å². The van der Waals surface area contributed by atoms with Crippen molar-refractivity contribution >= 4 is 109 Å². The summed E-state index contributed by atoms with van der Waals surface area (Å²) in [7, 11) is 5.25. The van der Waals surface area contributed by atoms with Gasteiger partial charge in [0.2, 0.25) is 0 Å². The number of nitrogens with zero attached hydrogens (tertiary/aromatic N) is 14. The fraction of sp³-hybridized carbons (Fsp3) is 0.389. The van der Waals surface area contributed by atoms with Crippen molar-refractivity contribution in [2.45, 2.75) is 114 Å². The van der Waals surface area contributed by atoms with E-state index >= 15 is 0 Å². The molecule has 5 aliphatic rings. The minimum atomic E-state index is -0.707. The average Bonchev–Trinajstić information content (AvgIpc) is 2.48. The van der Waals surface area contributed by atoms with Gasteiger partial charge in [-0.25, -0.2) is 29.9 Å². The maximum absolute atomic E-state index is 13.5. The van der Waals surface area contributed by atoms with Crippen LogP contribution in [0, 0.1) is 3.57 Å². The number of aromatic nitrogens is 14. The van der Waals surface area contributed by atoms with Crippen LogP contribution in [0.3, 0.4) is 0 Å². The van der Waals surface area contributed by atoms with E-state index in [1.807, 2.05) is 67.4 Å². The molecule has 11 heterocycles. The lowest BCUT2D eigenvalue weighted by Gasteiger charge is -2.35. The SMILES string of the molecule is Cn1cc(-c2cncnc2N)cn1.Cn1cc(-c2cncnc2Nc2cc(Cl)c3n(c2=O)C2(CCCCC2)NC3=O)cn1.Cn1cc(B2OC(C)(C)C(C)(C)O2)cn1.Nc1ncncc1I.O=C1NC2(CCCCC2)n2c1c(Cl)cc(Br)c2=O. The van der Waals surface area contributed by atoms with E-state index in [1.54, 1.807) is 60.4 Å². The summed E-state index contributed by atoms with van der Waals surface area (Å²) in [5.74, 6) is 0.931. The Morgan fingerprint density at radius 1 is 0.619 bits per heavy atom. The molecular weight excluding hydrogens is 1300 g/mol. The molecule has 0 aromatic carbocycles. The Hall–Kier alpha value is -7.12. The molecule has 0 unspecified atom stereocenters. The highest BCUT2D eigenvalue weighted by atomic mass is 127. The van der Waals surface area contributed by atoms with Gasteiger partial charge in [0.1, 0.15) is 64.8 Å². The maximum Gasteiger partial charge on any atom is 0.498 e. The molecule has 1 saturated heterocycles. The Kier molecular flexibility index (Phi) is 18.5. The van der Waals surface area contributed by atoms with E-state index in [9.17, 15) is 19.2 Å².